The number of hydrogen-bond acceptors (Lipinski definition) is 5. The second-order valence-electron chi connectivity index (χ2n) is 5.12. The molecule has 0 spiro atoms. The number of nitrogens with zero attached hydrogens (tertiary/aromatic N) is 3. The van der Waals surface area contributed by atoms with E-state index in [1.54, 1.807) is 18.3 Å². The van der Waals surface area contributed by atoms with Crippen molar-refractivity contribution in [3.8, 4) is 0 Å². The number of thiophene rings is 1. The number of anilines is 1. The highest BCUT2D eigenvalue weighted by molar-refractivity contribution is 7.18. The predicted molar refractivity (Wildman–Crippen MR) is 89.1 cm³/mol. The Kier molecular flexibility index (Phi) is 4.04. The van der Waals surface area contributed by atoms with Gasteiger partial charge in [0.2, 0.25) is 0 Å². The Bertz CT molecular complexity index is 918. The van der Waals surface area contributed by atoms with Gasteiger partial charge in [0.25, 0.3) is 0 Å². The van der Waals surface area contributed by atoms with Crippen molar-refractivity contribution in [3.63, 3.8) is 0 Å². The third-order valence-corrected chi connectivity index (χ3v) is 4.73. The number of hydrazone groups is 1. The highest BCUT2D eigenvalue weighted by Gasteiger charge is 2.12. The van der Waals surface area contributed by atoms with Crippen LogP contribution in [0.15, 0.2) is 29.6 Å². The maximum atomic E-state index is 13.8. The minimum absolute atomic E-state index is 0.238. The van der Waals surface area contributed by atoms with Crippen molar-refractivity contribution < 1.29 is 8.78 Å². The molecule has 0 atom stereocenters. The number of nitrogens with one attached hydrogen (secondary N) is 1. The normalized spacial score (nSPS) is 12.0. The van der Waals surface area contributed by atoms with Crippen LogP contribution in [0.2, 0.25) is 0 Å². The molecule has 0 aliphatic rings. The Morgan fingerprint density at radius 3 is 2.74 bits per heavy atom. The number of aromatic nitrogens is 2. The van der Waals surface area contributed by atoms with E-state index in [9.17, 15) is 8.78 Å². The molecule has 0 aliphatic heterocycles. The van der Waals surface area contributed by atoms with Gasteiger partial charge in [-0.05, 0) is 38.5 Å². The van der Waals surface area contributed by atoms with E-state index in [0.717, 1.165) is 26.7 Å². The van der Waals surface area contributed by atoms with E-state index in [2.05, 4.69) is 20.5 Å². The first-order chi connectivity index (χ1) is 11.0. The second kappa shape index (κ2) is 6.00. The maximum Gasteiger partial charge on any atom is 0.158 e. The van der Waals surface area contributed by atoms with Crippen LogP contribution >= 0.6 is 11.3 Å². The van der Waals surface area contributed by atoms with Gasteiger partial charge in [0.1, 0.15) is 22.8 Å². The van der Waals surface area contributed by atoms with Gasteiger partial charge in [-0.15, -0.1) is 11.3 Å². The molecule has 118 valence electrons. The van der Waals surface area contributed by atoms with Gasteiger partial charge in [0.15, 0.2) is 5.82 Å². The van der Waals surface area contributed by atoms with Crippen LogP contribution in [0.25, 0.3) is 10.2 Å². The van der Waals surface area contributed by atoms with E-state index in [1.165, 1.54) is 18.5 Å². The number of aryl methyl sites for hydroxylation is 2. The fraction of sp³-hybridized carbons (Fsp3) is 0.188. The Morgan fingerprint density at radius 1 is 1.22 bits per heavy atom. The second-order valence-corrected chi connectivity index (χ2v) is 6.32. The first-order valence-corrected chi connectivity index (χ1v) is 7.75. The molecule has 4 nitrogen and oxygen atoms in total. The zero-order chi connectivity index (χ0) is 16.6. The quantitative estimate of drug-likeness (QED) is 0.570. The highest BCUT2D eigenvalue weighted by Crippen LogP contribution is 2.32. The molecule has 0 radical (unpaired) electrons. The number of fused-ring (bicyclic) bond motifs is 1. The fourth-order valence-corrected chi connectivity index (χ4v) is 3.24. The lowest BCUT2D eigenvalue weighted by molar-refractivity contribution is 0.581. The number of hydrogen-bond donors (Lipinski definition) is 1. The molecule has 1 aromatic carbocycles. The molecule has 2 heterocycles. The number of benzene rings is 1. The van der Waals surface area contributed by atoms with Crippen LogP contribution in [0.1, 0.15) is 22.9 Å². The van der Waals surface area contributed by atoms with Crippen molar-refractivity contribution >= 4 is 33.1 Å². The van der Waals surface area contributed by atoms with Crippen molar-refractivity contribution in [1.82, 2.24) is 9.97 Å². The molecule has 23 heavy (non-hydrogen) atoms. The minimum atomic E-state index is -0.650. The van der Waals surface area contributed by atoms with Crippen LogP contribution in [-0.2, 0) is 0 Å². The Labute approximate surface area is 135 Å². The average Bonchev–Trinajstić information content (AvgIpc) is 2.80. The standard InChI is InChI=1S/C16H14F2N4S/c1-8-10(3)23-16-14(8)15(19-7-20-16)22-21-9(2)12-5-4-11(17)6-13(12)18/h4-7H,1-3H3,(H,19,20,22)/b21-9-. The molecule has 7 heteroatoms. The van der Waals surface area contributed by atoms with Crippen LogP contribution < -0.4 is 5.43 Å². The third kappa shape index (κ3) is 2.92. The highest BCUT2D eigenvalue weighted by atomic mass is 32.1. The topological polar surface area (TPSA) is 50.2 Å². The molecule has 3 aromatic rings. The van der Waals surface area contributed by atoms with Gasteiger partial charge in [-0.25, -0.2) is 18.7 Å². The third-order valence-electron chi connectivity index (χ3n) is 3.62. The Balaban J connectivity index is 1.96. The first-order valence-electron chi connectivity index (χ1n) is 6.94. The average molecular weight is 332 g/mol. The molecule has 0 aliphatic carbocycles. The van der Waals surface area contributed by atoms with Gasteiger partial charge < -0.3 is 0 Å². The molecular weight excluding hydrogens is 318 g/mol. The Hall–Kier alpha value is -2.41. The fourth-order valence-electron chi connectivity index (χ4n) is 2.25. The van der Waals surface area contributed by atoms with E-state index >= 15 is 0 Å². The van der Waals surface area contributed by atoms with E-state index in [1.807, 2.05) is 13.8 Å². The Morgan fingerprint density at radius 2 is 2.00 bits per heavy atom. The van der Waals surface area contributed by atoms with Gasteiger partial charge in [-0.3, -0.25) is 5.43 Å². The molecule has 2 aromatic heterocycles. The van der Waals surface area contributed by atoms with Gasteiger partial charge in [0, 0.05) is 16.5 Å². The molecule has 0 fully saturated rings. The van der Waals surface area contributed by atoms with Crippen molar-refractivity contribution in [2.75, 3.05) is 5.43 Å². The van der Waals surface area contributed by atoms with Crippen molar-refractivity contribution in [1.29, 1.82) is 0 Å². The van der Waals surface area contributed by atoms with Gasteiger partial charge in [-0.2, -0.15) is 5.10 Å². The number of rotatable bonds is 3. The maximum absolute atomic E-state index is 13.8. The molecule has 0 amide bonds. The predicted octanol–water partition coefficient (Wildman–Crippen LogP) is 4.42. The summed E-state index contributed by atoms with van der Waals surface area (Å²) >= 11 is 1.59. The van der Waals surface area contributed by atoms with E-state index in [0.29, 0.717) is 11.5 Å². The summed E-state index contributed by atoms with van der Waals surface area (Å²) in [5, 5.41) is 5.08. The van der Waals surface area contributed by atoms with Gasteiger partial charge in [-0.1, -0.05) is 0 Å². The molecular formula is C16H14F2N4S. The summed E-state index contributed by atoms with van der Waals surface area (Å²) in [7, 11) is 0. The van der Waals surface area contributed by atoms with E-state index < -0.39 is 11.6 Å². The van der Waals surface area contributed by atoms with Crippen molar-refractivity contribution in [3.05, 3.63) is 52.2 Å². The minimum Gasteiger partial charge on any atom is -0.260 e. The molecule has 0 saturated heterocycles. The summed E-state index contributed by atoms with van der Waals surface area (Å²) in [5.74, 6) is -0.698. The van der Waals surface area contributed by atoms with Gasteiger partial charge in [0.05, 0.1) is 11.1 Å². The molecule has 3 rings (SSSR count). The summed E-state index contributed by atoms with van der Waals surface area (Å²) in [6.07, 6.45) is 1.46. The lowest BCUT2D eigenvalue weighted by Crippen LogP contribution is -2.04. The summed E-state index contributed by atoms with van der Waals surface area (Å²) in [6, 6.07) is 3.40. The van der Waals surface area contributed by atoms with Crippen molar-refractivity contribution in [2.45, 2.75) is 20.8 Å². The lowest BCUT2D eigenvalue weighted by atomic mass is 10.1. The first kappa shape index (κ1) is 15.5. The molecule has 0 bridgehead atoms. The van der Waals surface area contributed by atoms with Crippen LogP contribution in [0.5, 0.6) is 0 Å². The summed E-state index contributed by atoms with van der Waals surface area (Å²) in [6.45, 7) is 5.67. The number of halogens is 2. The summed E-state index contributed by atoms with van der Waals surface area (Å²) in [5.41, 5.74) is 4.60. The summed E-state index contributed by atoms with van der Waals surface area (Å²) < 4.78 is 26.7. The zero-order valence-electron chi connectivity index (χ0n) is 12.8. The van der Waals surface area contributed by atoms with Crippen LogP contribution in [0, 0.1) is 25.5 Å². The van der Waals surface area contributed by atoms with Crippen LogP contribution in [0.4, 0.5) is 14.6 Å². The SMILES string of the molecule is C/C(=N/Nc1ncnc2sc(C)c(C)c12)c1ccc(F)cc1F. The zero-order valence-corrected chi connectivity index (χ0v) is 13.6. The van der Waals surface area contributed by atoms with Gasteiger partial charge >= 0.3 is 0 Å². The molecule has 1 N–H and O–H groups in total. The lowest BCUT2D eigenvalue weighted by Gasteiger charge is -2.06. The van der Waals surface area contributed by atoms with Crippen molar-refractivity contribution in [2.24, 2.45) is 5.10 Å². The van der Waals surface area contributed by atoms with E-state index in [-0.39, 0.29) is 5.56 Å². The van der Waals surface area contributed by atoms with E-state index in [4.69, 9.17) is 0 Å². The molecule has 0 saturated carbocycles. The van der Waals surface area contributed by atoms with Crippen LogP contribution in [-0.4, -0.2) is 15.7 Å². The van der Waals surface area contributed by atoms with Crippen LogP contribution in [0.3, 0.4) is 0 Å². The smallest absolute Gasteiger partial charge is 0.158 e. The molecule has 0 unspecified atom stereocenters. The monoisotopic (exact) mass is 332 g/mol. The largest absolute Gasteiger partial charge is 0.260 e. The summed E-state index contributed by atoms with van der Waals surface area (Å²) in [4.78, 5) is 10.5.